The van der Waals surface area contributed by atoms with Crippen LogP contribution in [0.1, 0.15) is 40.5 Å². The number of carbonyl (C=O) groups excluding carboxylic acids is 1. The molecule has 1 aliphatic carbocycles. The van der Waals surface area contributed by atoms with Gasteiger partial charge in [-0.1, -0.05) is 33.8 Å². The Morgan fingerprint density at radius 2 is 1.88 bits per heavy atom. The maximum absolute atomic E-state index is 11.4. The van der Waals surface area contributed by atoms with E-state index in [0.29, 0.717) is 6.42 Å². The zero-order valence-corrected chi connectivity index (χ0v) is 11.4. The minimum Gasteiger partial charge on any atom is -0.312 e. The van der Waals surface area contributed by atoms with Gasteiger partial charge in [-0.3, -0.25) is 4.79 Å². The van der Waals surface area contributed by atoms with Gasteiger partial charge in [0, 0.05) is 18.7 Å². The summed E-state index contributed by atoms with van der Waals surface area (Å²) in [6.07, 6.45) is 11.1. The number of hydrogen-bond donors (Lipinski definition) is 0. The zero-order valence-electron chi connectivity index (χ0n) is 11.4. The lowest BCUT2D eigenvalue weighted by atomic mass is 10.3. The average Bonchev–Trinajstić information content (AvgIpc) is 2.67. The van der Waals surface area contributed by atoms with E-state index in [4.69, 9.17) is 0 Å². The molecule has 0 aromatic heterocycles. The Morgan fingerprint density at radius 1 is 1.18 bits per heavy atom. The van der Waals surface area contributed by atoms with Crippen LogP contribution < -0.4 is 0 Å². The van der Waals surface area contributed by atoms with Gasteiger partial charge in [0.25, 0.3) is 0 Å². The molecule has 2 rings (SSSR count). The van der Waals surface area contributed by atoms with Gasteiger partial charge in [0.1, 0.15) is 0 Å². The van der Waals surface area contributed by atoms with Crippen molar-refractivity contribution < 1.29 is 4.79 Å². The Balaban J connectivity index is 0.000000581. The highest BCUT2D eigenvalue weighted by molar-refractivity contribution is 5.80. The molecule has 2 nitrogen and oxygen atoms in total. The lowest BCUT2D eigenvalue weighted by Gasteiger charge is -2.15. The van der Waals surface area contributed by atoms with Crippen LogP contribution in [0.3, 0.4) is 0 Å². The van der Waals surface area contributed by atoms with Crippen molar-refractivity contribution in [3.63, 3.8) is 0 Å². The predicted octanol–water partition coefficient (Wildman–Crippen LogP) is 3.83. The lowest BCUT2D eigenvalue weighted by Crippen LogP contribution is -2.22. The monoisotopic (exact) mass is 233 g/mol. The maximum atomic E-state index is 11.4. The summed E-state index contributed by atoms with van der Waals surface area (Å²) in [7, 11) is 0. The van der Waals surface area contributed by atoms with Crippen LogP contribution in [-0.4, -0.2) is 17.4 Å². The van der Waals surface area contributed by atoms with Crippen LogP contribution in [0, 0.1) is 0 Å². The first kappa shape index (κ1) is 15.5. The van der Waals surface area contributed by atoms with Crippen LogP contribution in [0.5, 0.6) is 0 Å². The summed E-state index contributed by atoms with van der Waals surface area (Å²) in [4.78, 5) is 13.2. The van der Waals surface area contributed by atoms with Crippen molar-refractivity contribution in [2.75, 3.05) is 6.54 Å². The van der Waals surface area contributed by atoms with Crippen LogP contribution in [0.4, 0.5) is 0 Å². The van der Waals surface area contributed by atoms with E-state index in [1.807, 2.05) is 63.0 Å². The molecule has 1 saturated heterocycles. The molecule has 0 bridgehead atoms. The molecule has 0 N–H and O–H groups in total. The van der Waals surface area contributed by atoms with Crippen molar-refractivity contribution >= 4 is 5.91 Å². The molecule has 2 aliphatic rings. The Hall–Kier alpha value is -1.53. The van der Waals surface area contributed by atoms with E-state index in [1.165, 1.54) is 0 Å². The van der Waals surface area contributed by atoms with Crippen molar-refractivity contribution in [2.45, 2.75) is 40.5 Å². The van der Waals surface area contributed by atoms with Crippen molar-refractivity contribution in [1.29, 1.82) is 0 Å². The number of allylic oxidation sites excluding steroid dienone is 4. The molecule has 0 atom stereocenters. The molecule has 1 amide bonds. The van der Waals surface area contributed by atoms with E-state index < -0.39 is 0 Å². The predicted molar refractivity (Wildman–Crippen MR) is 73.5 cm³/mol. The standard InChI is InChI=1S/C11H11NO.2C2H6/c13-11-8-5-9-12(11)10-6-3-1-2-4-7-10;2*1-2/h1,3-4,6-7H,5,8-9H2;2*1-2H3. The summed E-state index contributed by atoms with van der Waals surface area (Å²) in [5.74, 6) is 0.228. The Kier molecular flexibility index (Phi) is 8.81. The highest BCUT2D eigenvalue weighted by Gasteiger charge is 2.21. The summed E-state index contributed by atoms with van der Waals surface area (Å²) < 4.78 is 0. The normalized spacial score (nSPS) is 16.6. The molecule has 1 fully saturated rings. The van der Waals surface area contributed by atoms with Gasteiger partial charge in [-0.15, -0.1) is 5.73 Å². The molecular weight excluding hydrogens is 210 g/mol. The van der Waals surface area contributed by atoms with E-state index in [2.05, 4.69) is 5.73 Å². The summed E-state index contributed by atoms with van der Waals surface area (Å²) in [6.45, 7) is 8.85. The van der Waals surface area contributed by atoms with E-state index >= 15 is 0 Å². The molecule has 0 aromatic carbocycles. The molecular formula is C15H23NO. The molecule has 0 radical (unpaired) electrons. The first-order valence-electron chi connectivity index (χ1n) is 6.48. The van der Waals surface area contributed by atoms with Gasteiger partial charge >= 0.3 is 0 Å². The Morgan fingerprint density at radius 3 is 2.47 bits per heavy atom. The SMILES string of the molecule is CC.CC.O=C1CCCN1C1=CC=C=CC=C1. The third kappa shape index (κ3) is 4.88. The largest absolute Gasteiger partial charge is 0.312 e. The summed E-state index contributed by atoms with van der Waals surface area (Å²) in [5, 5.41) is 0. The topological polar surface area (TPSA) is 20.3 Å². The van der Waals surface area contributed by atoms with E-state index in [0.717, 1.165) is 18.7 Å². The van der Waals surface area contributed by atoms with Crippen molar-refractivity contribution in [3.05, 3.63) is 41.8 Å². The molecule has 0 spiro atoms. The average molecular weight is 233 g/mol. The van der Waals surface area contributed by atoms with Gasteiger partial charge in [-0.2, -0.15) is 0 Å². The van der Waals surface area contributed by atoms with Crippen LogP contribution in [-0.2, 0) is 4.79 Å². The van der Waals surface area contributed by atoms with E-state index in [9.17, 15) is 4.79 Å². The fourth-order valence-electron chi connectivity index (χ4n) is 1.55. The second kappa shape index (κ2) is 9.68. The number of carbonyl (C=O) groups is 1. The summed E-state index contributed by atoms with van der Waals surface area (Å²) in [6, 6.07) is 0. The van der Waals surface area contributed by atoms with Crippen LogP contribution in [0.2, 0.25) is 0 Å². The second-order valence-electron chi connectivity index (χ2n) is 3.10. The van der Waals surface area contributed by atoms with Crippen molar-refractivity contribution in [2.24, 2.45) is 0 Å². The van der Waals surface area contributed by atoms with E-state index in [1.54, 1.807) is 0 Å². The minimum atomic E-state index is 0.228. The van der Waals surface area contributed by atoms with Gasteiger partial charge in [-0.05, 0) is 30.7 Å². The quantitative estimate of drug-likeness (QED) is 0.630. The highest BCUT2D eigenvalue weighted by Crippen LogP contribution is 2.17. The van der Waals surface area contributed by atoms with Gasteiger partial charge in [0.05, 0.1) is 0 Å². The minimum absolute atomic E-state index is 0.228. The number of hydrogen-bond acceptors (Lipinski definition) is 1. The Bertz CT molecular complexity index is 344. The fourth-order valence-corrected chi connectivity index (χ4v) is 1.55. The van der Waals surface area contributed by atoms with Gasteiger partial charge in [0.15, 0.2) is 0 Å². The van der Waals surface area contributed by atoms with Gasteiger partial charge in [-0.25, -0.2) is 0 Å². The lowest BCUT2D eigenvalue weighted by molar-refractivity contribution is -0.125. The van der Waals surface area contributed by atoms with Gasteiger partial charge < -0.3 is 4.90 Å². The highest BCUT2D eigenvalue weighted by atomic mass is 16.2. The van der Waals surface area contributed by atoms with Crippen LogP contribution >= 0.6 is 0 Å². The summed E-state index contributed by atoms with van der Waals surface area (Å²) in [5.41, 5.74) is 3.94. The van der Waals surface area contributed by atoms with Crippen LogP contribution in [0.15, 0.2) is 41.8 Å². The first-order valence-corrected chi connectivity index (χ1v) is 6.48. The number of amides is 1. The number of nitrogens with zero attached hydrogens (tertiary/aromatic N) is 1. The fraction of sp³-hybridized carbons (Fsp3) is 0.467. The molecule has 0 unspecified atom stereocenters. The molecule has 94 valence electrons. The molecule has 17 heavy (non-hydrogen) atoms. The van der Waals surface area contributed by atoms with Gasteiger partial charge in [0.2, 0.25) is 5.91 Å². The Labute approximate surface area is 105 Å². The zero-order chi connectivity index (χ0) is 13.1. The molecule has 0 aromatic rings. The third-order valence-electron chi connectivity index (χ3n) is 2.19. The number of likely N-dealkylation sites (tertiary alicyclic amines) is 1. The molecule has 0 saturated carbocycles. The van der Waals surface area contributed by atoms with E-state index in [-0.39, 0.29) is 5.91 Å². The summed E-state index contributed by atoms with van der Waals surface area (Å²) >= 11 is 0. The number of rotatable bonds is 1. The molecule has 1 aliphatic heterocycles. The smallest absolute Gasteiger partial charge is 0.227 e. The van der Waals surface area contributed by atoms with Crippen molar-refractivity contribution in [3.8, 4) is 0 Å². The van der Waals surface area contributed by atoms with Crippen LogP contribution in [0.25, 0.3) is 0 Å². The molecule has 1 heterocycles. The second-order valence-corrected chi connectivity index (χ2v) is 3.10. The molecule has 2 heteroatoms. The third-order valence-corrected chi connectivity index (χ3v) is 2.19. The first-order chi connectivity index (χ1) is 8.38. The maximum Gasteiger partial charge on any atom is 0.227 e. The van der Waals surface area contributed by atoms with Crippen molar-refractivity contribution in [1.82, 2.24) is 4.90 Å².